The number of nitrogens with one attached hydrogen (secondary N) is 1. The summed E-state index contributed by atoms with van der Waals surface area (Å²) >= 11 is 8.91. The zero-order valence-corrected chi connectivity index (χ0v) is 22.2. The summed E-state index contributed by atoms with van der Waals surface area (Å²) in [5, 5.41) is 4.61. The van der Waals surface area contributed by atoms with Gasteiger partial charge < -0.3 is 14.8 Å². The second kappa shape index (κ2) is 10.5. The number of ether oxygens (including phenoxy) is 2. The number of rotatable bonds is 7. The van der Waals surface area contributed by atoms with Crippen LogP contribution in [0.4, 0.5) is 5.69 Å². The highest BCUT2D eigenvalue weighted by Gasteiger charge is 2.23. The van der Waals surface area contributed by atoms with Crippen molar-refractivity contribution in [3.8, 4) is 17.2 Å². The lowest BCUT2D eigenvalue weighted by Gasteiger charge is -2.14. The Morgan fingerprint density at radius 2 is 1.81 bits per heavy atom. The Morgan fingerprint density at radius 1 is 1.11 bits per heavy atom. The highest BCUT2D eigenvalue weighted by molar-refractivity contribution is 7.99. The number of methoxy groups -OCH3 is 2. The quantitative estimate of drug-likeness (QED) is 0.238. The topological polar surface area (TPSA) is 82.5 Å². The molecular weight excluding hydrogens is 518 g/mol. The van der Waals surface area contributed by atoms with E-state index in [1.807, 2.05) is 0 Å². The molecule has 2 aromatic carbocycles. The molecule has 36 heavy (non-hydrogen) atoms. The van der Waals surface area contributed by atoms with E-state index in [0.717, 1.165) is 36.1 Å². The maximum atomic E-state index is 13.8. The molecule has 10 heteroatoms. The van der Waals surface area contributed by atoms with Gasteiger partial charge in [0, 0.05) is 33.8 Å². The van der Waals surface area contributed by atoms with Crippen molar-refractivity contribution in [3.05, 3.63) is 68.3 Å². The fourth-order valence-electron chi connectivity index (χ4n) is 4.31. The molecule has 0 radical (unpaired) electrons. The molecule has 0 fully saturated rings. The molecule has 4 aromatic rings. The minimum atomic E-state index is -0.238. The van der Waals surface area contributed by atoms with E-state index in [9.17, 15) is 9.59 Å². The number of hydrogen-bond acceptors (Lipinski definition) is 7. The Labute approximate surface area is 221 Å². The Morgan fingerprint density at radius 3 is 2.50 bits per heavy atom. The Hall–Kier alpha value is -3.01. The molecule has 1 aliphatic rings. The first kappa shape index (κ1) is 24.7. The number of thiophene rings is 1. The van der Waals surface area contributed by atoms with Gasteiger partial charge in [0.2, 0.25) is 5.91 Å². The number of aromatic nitrogens is 2. The van der Waals surface area contributed by atoms with Crippen LogP contribution >= 0.6 is 34.7 Å². The Kier molecular flexibility index (Phi) is 7.22. The average Bonchev–Trinajstić information content (AvgIpc) is 3.26. The summed E-state index contributed by atoms with van der Waals surface area (Å²) in [5.74, 6) is 0.971. The maximum Gasteiger partial charge on any atom is 0.267 e. The lowest BCUT2D eigenvalue weighted by Crippen LogP contribution is -2.23. The first-order valence-electron chi connectivity index (χ1n) is 11.5. The molecule has 0 saturated carbocycles. The molecule has 0 spiro atoms. The van der Waals surface area contributed by atoms with E-state index >= 15 is 0 Å². The van der Waals surface area contributed by atoms with Crippen molar-refractivity contribution in [2.75, 3.05) is 25.3 Å². The number of aryl methyl sites for hydroxylation is 2. The maximum absolute atomic E-state index is 13.8. The third-order valence-electron chi connectivity index (χ3n) is 6.01. The van der Waals surface area contributed by atoms with E-state index in [1.165, 1.54) is 16.6 Å². The SMILES string of the molecule is COc1cc(NC(=O)CSc2nc3sc4c(c3c(=O)n2-c2ccc(Cl)cc2)CCCC4)cc(OC)c1. The van der Waals surface area contributed by atoms with E-state index in [0.29, 0.717) is 38.4 Å². The number of carbonyl (C=O) groups is 1. The van der Waals surface area contributed by atoms with E-state index in [-0.39, 0.29) is 17.2 Å². The van der Waals surface area contributed by atoms with Crippen LogP contribution in [0.5, 0.6) is 11.5 Å². The van der Waals surface area contributed by atoms with Crippen molar-refractivity contribution in [1.82, 2.24) is 9.55 Å². The van der Waals surface area contributed by atoms with Crippen molar-refractivity contribution >= 4 is 56.5 Å². The number of thioether (sulfide) groups is 1. The minimum Gasteiger partial charge on any atom is -0.497 e. The number of carbonyl (C=O) groups excluding carboxylic acids is 1. The van der Waals surface area contributed by atoms with Crippen molar-refractivity contribution in [1.29, 1.82) is 0 Å². The van der Waals surface area contributed by atoms with Gasteiger partial charge in [0.05, 0.1) is 31.0 Å². The predicted molar refractivity (Wildman–Crippen MR) is 146 cm³/mol. The van der Waals surface area contributed by atoms with Crippen molar-refractivity contribution < 1.29 is 14.3 Å². The summed E-state index contributed by atoms with van der Waals surface area (Å²) < 4.78 is 12.1. The van der Waals surface area contributed by atoms with Gasteiger partial charge in [0.15, 0.2) is 5.16 Å². The van der Waals surface area contributed by atoms with Crippen LogP contribution in [0.2, 0.25) is 5.02 Å². The third kappa shape index (κ3) is 4.96. The first-order valence-corrected chi connectivity index (χ1v) is 13.6. The van der Waals surface area contributed by atoms with Crippen molar-refractivity contribution in [3.63, 3.8) is 0 Å². The number of anilines is 1. The van der Waals surface area contributed by atoms with E-state index in [2.05, 4.69) is 5.32 Å². The molecule has 0 bridgehead atoms. The van der Waals surface area contributed by atoms with Gasteiger partial charge in [0.25, 0.3) is 5.56 Å². The average molecular weight is 542 g/mol. The fraction of sp³-hybridized carbons (Fsp3) is 0.269. The summed E-state index contributed by atoms with van der Waals surface area (Å²) in [6, 6.07) is 12.2. The molecule has 5 rings (SSSR count). The summed E-state index contributed by atoms with van der Waals surface area (Å²) in [6.07, 6.45) is 4.07. The molecule has 0 saturated heterocycles. The van der Waals surface area contributed by atoms with Crippen LogP contribution in [0.3, 0.4) is 0 Å². The largest absolute Gasteiger partial charge is 0.497 e. The van der Waals surface area contributed by atoms with Crippen LogP contribution in [0.15, 0.2) is 52.4 Å². The number of benzene rings is 2. The Balaban J connectivity index is 1.48. The van der Waals surface area contributed by atoms with E-state index < -0.39 is 0 Å². The molecule has 0 aliphatic heterocycles. The normalized spacial score (nSPS) is 12.9. The van der Waals surface area contributed by atoms with Crippen LogP contribution in [0.25, 0.3) is 15.9 Å². The minimum absolute atomic E-state index is 0.0656. The summed E-state index contributed by atoms with van der Waals surface area (Å²) in [5.41, 5.74) is 2.24. The van der Waals surface area contributed by atoms with Crippen LogP contribution in [-0.2, 0) is 17.6 Å². The smallest absolute Gasteiger partial charge is 0.267 e. The number of halogens is 1. The molecule has 186 valence electrons. The Bertz CT molecular complexity index is 1480. The highest BCUT2D eigenvalue weighted by atomic mass is 35.5. The lowest BCUT2D eigenvalue weighted by atomic mass is 9.97. The van der Waals surface area contributed by atoms with Gasteiger partial charge >= 0.3 is 0 Å². The molecule has 7 nitrogen and oxygen atoms in total. The molecule has 1 N–H and O–H groups in total. The van der Waals surface area contributed by atoms with Gasteiger partial charge in [0.1, 0.15) is 16.3 Å². The van der Waals surface area contributed by atoms with E-state index in [4.69, 9.17) is 26.1 Å². The molecule has 0 atom stereocenters. The zero-order valence-electron chi connectivity index (χ0n) is 19.8. The second-order valence-electron chi connectivity index (χ2n) is 8.34. The summed E-state index contributed by atoms with van der Waals surface area (Å²) in [6.45, 7) is 0. The predicted octanol–water partition coefficient (Wildman–Crippen LogP) is 5.73. The summed E-state index contributed by atoms with van der Waals surface area (Å²) in [7, 11) is 3.10. The summed E-state index contributed by atoms with van der Waals surface area (Å²) in [4.78, 5) is 33.5. The lowest BCUT2D eigenvalue weighted by molar-refractivity contribution is -0.113. The first-order chi connectivity index (χ1) is 17.5. The monoisotopic (exact) mass is 541 g/mol. The van der Waals surface area contributed by atoms with Crippen molar-refractivity contribution in [2.24, 2.45) is 0 Å². The van der Waals surface area contributed by atoms with Gasteiger partial charge in [-0.3, -0.25) is 14.2 Å². The standard InChI is InChI=1S/C26H24ClN3O4S2/c1-33-18-11-16(12-19(13-18)34-2)28-22(31)14-35-26-29-24-23(20-5-3-4-6-21(20)36-24)25(32)30(26)17-9-7-15(27)8-10-17/h7-13H,3-6,14H2,1-2H3,(H,28,31). The van der Waals surface area contributed by atoms with Gasteiger partial charge in [-0.15, -0.1) is 11.3 Å². The number of nitrogens with zero attached hydrogens (tertiary/aromatic N) is 2. The fourth-order valence-corrected chi connectivity index (χ4v) is 6.55. The molecule has 2 heterocycles. The van der Waals surface area contributed by atoms with Crippen LogP contribution in [-0.4, -0.2) is 35.4 Å². The van der Waals surface area contributed by atoms with Crippen molar-refractivity contribution in [2.45, 2.75) is 30.8 Å². The highest BCUT2D eigenvalue weighted by Crippen LogP contribution is 2.35. The zero-order chi connectivity index (χ0) is 25.2. The second-order valence-corrected chi connectivity index (χ2v) is 10.8. The van der Waals surface area contributed by atoms with Crippen LogP contribution in [0, 0.1) is 0 Å². The molecule has 1 aliphatic carbocycles. The van der Waals surface area contributed by atoms with Gasteiger partial charge in [-0.2, -0.15) is 0 Å². The third-order valence-corrected chi connectivity index (χ3v) is 8.39. The van der Waals surface area contributed by atoms with Gasteiger partial charge in [-0.1, -0.05) is 23.4 Å². The number of amides is 1. The molecule has 1 amide bonds. The number of fused-ring (bicyclic) bond motifs is 3. The van der Waals surface area contributed by atoms with Gasteiger partial charge in [-0.05, 0) is 55.5 Å². The van der Waals surface area contributed by atoms with Crippen LogP contribution in [0.1, 0.15) is 23.3 Å². The van der Waals surface area contributed by atoms with Gasteiger partial charge in [-0.25, -0.2) is 4.98 Å². The molecular formula is C26H24ClN3O4S2. The van der Waals surface area contributed by atoms with Crippen LogP contribution < -0.4 is 20.3 Å². The molecule has 0 unspecified atom stereocenters. The molecule has 2 aromatic heterocycles. The van der Waals surface area contributed by atoms with E-state index in [1.54, 1.807) is 72.6 Å². The number of hydrogen-bond donors (Lipinski definition) is 1.